The molecule has 7 nitrogen and oxygen atoms in total. The summed E-state index contributed by atoms with van der Waals surface area (Å²) < 4.78 is 11.0. The minimum atomic E-state index is -0.505. The van der Waals surface area contributed by atoms with E-state index < -0.39 is 5.41 Å². The number of carbonyl (C=O) groups is 1. The molecule has 4 aromatic rings. The molecule has 2 saturated heterocycles. The number of carbonyl (C=O) groups excluding carboxylic acids is 1. The van der Waals surface area contributed by atoms with E-state index >= 15 is 0 Å². The lowest BCUT2D eigenvalue weighted by Crippen LogP contribution is -2.22. The molecule has 40 heavy (non-hydrogen) atoms. The molecule has 0 radical (unpaired) electrons. The van der Waals surface area contributed by atoms with Gasteiger partial charge >= 0.3 is 0 Å². The van der Waals surface area contributed by atoms with Gasteiger partial charge in [-0.2, -0.15) is 5.10 Å². The standard InChI is InChI=1S/C33H32N4O3/c1-39-25-8-11-30-27(13-25)33(32(38)34-30)14-28(33)22-7-9-26-29(35-36-31(26)12-22)10-6-20-2-4-21(5-3-20)15-37-16-23-18-40-19-24(23)17-37/h2-13,23-24,28H,14-19H2,1H3,(H,34,38)(H,35,36)/b10-6+/t23?,24?,28-,33-/m0/s1. The number of anilines is 1. The highest BCUT2D eigenvalue weighted by molar-refractivity contribution is 6.10. The number of fused-ring (bicyclic) bond motifs is 4. The number of aromatic amines is 1. The topological polar surface area (TPSA) is 79.5 Å². The van der Waals surface area contributed by atoms with Crippen LogP contribution in [0.3, 0.4) is 0 Å². The molecule has 7 heteroatoms. The van der Waals surface area contributed by atoms with Crippen molar-refractivity contribution in [2.75, 3.05) is 38.7 Å². The van der Waals surface area contributed by atoms with Crippen molar-refractivity contribution in [2.45, 2.75) is 24.3 Å². The summed E-state index contributed by atoms with van der Waals surface area (Å²) in [4.78, 5) is 15.6. The largest absolute Gasteiger partial charge is 0.497 e. The molecule has 1 spiro atoms. The van der Waals surface area contributed by atoms with Gasteiger partial charge in [0.15, 0.2) is 0 Å². The van der Waals surface area contributed by atoms with Crippen LogP contribution in [-0.2, 0) is 21.5 Å². The molecule has 1 saturated carbocycles. The molecule has 4 heterocycles. The van der Waals surface area contributed by atoms with Crippen molar-refractivity contribution in [2.24, 2.45) is 11.8 Å². The normalized spacial score (nSPS) is 27.0. The second-order valence-corrected chi connectivity index (χ2v) is 11.8. The van der Waals surface area contributed by atoms with Crippen LogP contribution in [0.4, 0.5) is 5.69 Å². The summed E-state index contributed by atoms with van der Waals surface area (Å²) in [5.41, 5.74) is 6.99. The number of ether oxygens (including phenoxy) is 2. The van der Waals surface area contributed by atoms with Crippen molar-refractivity contribution in [1.29, 1.82) is 0 Å². The van der Waals surface area contributed by atoms with E-state index in [2.05, 4.69) is 75.0 Å². The van der Waals surface area contributed by atoms with Gasteiger partial charge in [-0.05, 0) is 59.0 Å². The summed E-state index contributed by atoms with van der Waals surface area (Å²) in [6.07, 6.45) is 4.99. The lowest BCUT2D eigenvalue weighted by atomic mass is 9.91. The van der Waals surface area contributed by atoms with E-state index in [-0.39, 0.29) is 11.8 Å². The van der Waals surface area contributed by atoms with Crippen LogP contribution in [0.2, 0.25) is 0 Å². The number of methoxy groups -OCH3 is 1. The van der Waals surface area contributed by atoms with Crippen LogP contribution in [-0.4, -0.2) is 54.4 Å². The summed E-state index contributed by atoms with van der Waals surface area (Å²) in [7, 11) is 1.66. The smallest absolute Gasteiger partial charge is 0.235 e. The van der Waals surface area contributed by atoms with E-state index in [9.17, 15) is 4.79 Å². The molecule has 1 aliphatic carbocycles. The van der Waals surface area contributed by atoms with Crippen LogP contribution in [0.15, 0.2) is 60.7 Å². The first kappa shape index (κ1) is 23.9. The van der Waals surface area contributed by atoms with E-state index in [1.165, 1.54) is 5.56 Å². The summed E-state index contributed by atoms with van der Waals surface area (Å²) >= 11 is 0. The number of benzene rings is 3. The van der Waals surface area contributed by atoms with E-state index in [0.29, 0.717) is 0 Å². The average Bonchev–Trinajstić information content (AvgIpc) is 3.25. The summed E-state index contributed by atoms with van der Waals surface area (Å²) in [6, 6.07) is 21.1. The number of hydrogen-bond acceptors (Lipinski definition) is 5. The minimum absolute atomic E-state index is 0.0812. The van der Waals surface area contributed by atoms with E-state index in [4.69, 9.17) is 9.47 Å². The molecule has 202 valence electrons. The summed E-state index contributed by atoms with van der Waals surface area (Å²) in [5.74, 6) is 2.43. The Morgan fingerprint density at radius 1 is 1.05 bits per heavy atom. The fraction of sp³-hybridized carbons (Fsp3) is 0.333. The first-order valence-corrected chi connectivity index (χ1v) is 14.2. The van der Waals surface area contributed by atoms with Crippen LogP contribution < -0.4 is 10.1 Å². The fourth-order valence-corrected chi connectivity index (χ4v) is 7.18. The molecule has 1 aromatic heterocycles. The van der Waals surface area contributed by atoms with Gasteiger partial charge < -0.3 is 14.8 Å². The molecule has 3 aliphatic heterocycles. The third kappa shape index (κ3) is 3.79. The molecule has 2 N–H and O–H groups in total. The highest BCUT2D eigenvalue weighted by Gasteiger charge is 2.65. The number of nitrogens with zero attached hydrogens (tertiary/aromatic N) is 2. The maximum atomic E-state index is 13.0. The van der Waals surface area contributed by atoms with Crippen LogP contribution in [0, 0.1) is 11.8 Å². The summed E-state index contributed by atoms with van der Waals surface area (Å²) in [5, 5.41) is 11.9. The second-order valence-electron chi connectivity index (χ2n) is 11.8. The highest BCUT2D eigenvalue weighted by atomic mass is 16.5. The van der Waals surface area contributed by atoms with Gasteiger partial charge in [0.05, 0.1) is 36.9 Å². The van der Waals surface area contributed by atoms with E-state index in [0.717, 1.165) is 95.8 Å². The molecule has 4 atom stereocenters. The fourth-order valence-electron chi connectivity index (χ4n) is 7.18. The Labute approximate surface area is 233 Å². The number of aromatic nitrogens is 2. The molecular weight excluding hydrogens is 500 g/mol. The van der Waals surface area contributed by atoms with Gasteiger partial charge in [-0.15, -0.1) is 0 Å². The summed E-state index contributed by atoms with van der Waals surface area (Å²) in [6.45, 7) is 5.16. The van der Waals surface area contributed by atoms with Gasteiger partial charge in [-0.3, -0.25) is 14.8 Å². The van der Waals surface area contributed by atoms with Gasteiger partial charge in [0.2, 0.25) is 5.91 Å². The third-order valence-electron chi connectivity index (χ3n) is 9.48. The lowest BCUT2D eigenvalue weighted by molar-refractivity contribution is -0.118. The number of rotatable bonds is 6. The second kappa shape index (κ2) is 9.04. The Hall–Kier alpha value is -3.94. The zero-order valence-corrected chi connectivity index (χ0v) is 22.5. The van der Waals surface area contributed by atoms with Crippen molar-refractivity contribution in [1.82, 2.24) is 15.1 Å². The number of amides is 1. The Morgan fingerprint density at radius 3 is 2.67 bits per heavy atom. The van der Waals surface area contributed by atoms with Gasteiger partial charge in [0.25, 0.3) is 0 Å². The number of likely N-dealkylation sites (tertiary alicyclic amines) is 1. The SMILES string of the molecule is COc1ccc2c(c1)[C@]1(C[C@H]1c1ccc3c(/C=C/c4ccc(CN5CC6COCC6C5)cc4)n[nH]c3c1)C(=O)N2. The maximum Gasteiger partial charge on any atom is 0.235 e. The Morgan fingerprint density at radius 2 is 1.88 bits per heavy atom. The highest BCUT2D eigenvalue weighted by Crippen LogP contribution is 2.65. The predicted octanol–water partition coefficient (Wildman–Crippen LogP) is 5.20. The molecule has 2 unspecified atom stereocenters. The monoisotopic (exact) mass is 532 g/mol. The maximum absolute atomic E-state index is 13.0. The van der Waals surface area contributed by atoms with E-state index in [1.807, 2.05) is 18.2 Å². The average molecular weight is 533 g/mol. The third-order valence-corrected chi connectivity index (χ3v) is 9.48. The molecule has 0 bridgehead atoms. The Bertz CT molecular complexity index is 1650. The first-order valence-electron chi connectivity index (χ1n) is 14.2. The van der Waals surface area contributed by atoms with Crippen LogP contribution in [0.25, 0.3) is 23.1 Å². The Balaban J connectivity index is 0.971. The number of hydrogen-bond donors (Lipinski definition) is 2. The van der Waals surface area contributed by atoms with Crippen LogP contribution >= 0.6 is 0 Å². The van der Waals surface area contributed by atoms with Crippen LogP contribution in [0.5, 0.6) is 5.75 Å². The van der Waals surface area contributed by atoms with Crippen LogP contribution in [0.1, 0.15) is 40.3 Å². The first-order chi connectivity index (χ1) is 19.6. The Kier molecular flexibility index (Phi) is 5.41. The zero-order chi connectivity index (χ0) is 26.8. The van der Waals surface area contributed by atoms with Crippen molar-refractivity contribution in [3.8, 4) is 5.75 Å². The van der Waals surface area contributed by atoms with Crippen molar-refractivity contribution < 1.29 is 14.3 Å². The van der Waals surface area contributed by atoms with E-state index in [1.54, 1.807) is 7.11 Å². The van der Waals surface area contributed by atoms with Crippen molar-refractivity contribution in [3.63, 3.8) is 0 Å². The lowest BCUT2D eigenvalue weighted by Gasteiger charge is -2.16. The van der Waals surface area contributed by atoms with Gasteiger partial charge in [0.1, 0.15) is 5.75 Å². The number of nitrogens with one attached hydrogen (secondary N) is 2. The molecule has 3 aromatic carbocycles. The predicted molar refractivity (Wildman–Crippen MR) is 155 cm³/mol. The van der Waals surface area contributed by atoms with Crippen molar-refractivity contribution in [3.05, 3.63) is 88.6 Å². The minimum Gasteiger partial charge on any atom is -0.497 e. The van der Waals surface area contributed by atoms with Gasteiger partial charge in [-0.25, -0.2) is 0 Å². The molecule has 4 aliphatic rings. The molecular formula is C33H32N4O3. The van der Waals surface area contributed by atoms with Crippen molar-refractivity contribution >= 4 is 34.6 Å². The molecule has 3 fully saturated rings. The molecule has 8 rings (SSSR count). The quantitative estimate of drug-likeness (QED) is 0.357. The molecule has 1 amide bonds. The number of H-pyrrole nitrogens is 1. The zero-order valence-electron chi connectivity index (χ0n) is 22.5. The van der Waals surface area contributed by atoms with Gasteiger partial charge in [-0.1, -0.05) is 42.5 Å². The van der Waals surface area contributed by atoms with Gasteiger partial charge in [0, 0.05) is 48.5 Å².